The summed E-state index contributed by atoms with van der Waals surface area (Å²) in [6.45, 7) is 7.55. The van der Waals surface area contributed by atoms with Gasteiger partial charge in [-0.15, -0.1) is 0 Å². The van der Waals surface area contributed by atoms with Crippen LogP contribution in [0.1, 0.15) is 41.5 Å². The van der Waals surface area contributed by atoms with Crippen molar-refractivity contribution in [2.45, 2.75) is 47.0 Å². The summed E-state index contributed by atoms with van der Waals surface area (Å²) >= 11 is 0. The maximum absolute atomic E-state index is 12.2. The van der Waals surface area contributed by atoms with Crippen LogP contribution in [-0.4, -0.2) is 24.4 Å². The van der Waals surface area contributed by atoms with E-state index in [1.807, 2.05) is 58.0 Å². The second kappa shape index (κ2) is 12.5. The Bertz CT molecular complexity index is 1190. The Morgan fingerprint density at radius 1 is 0.639 bits per heavy atom. The van der Waals surface area contributed by atoms with Crippen LogP contribution in [0.2, 0.25) is 0 Å². The summed E-state index contributed by atoms with van der Waals surface area (Å²) in [7, 11) is 0. The number of ether oxygens (including phenoxy) is 2. The molecule has 36 heavy (non-hydrogen) atoms. The maximum Gasteiger partial charge on any atom is 0.306 e. The van der Waals surface area contributed by atoms with Gasteiger partial charge in [-0.25, -0.2) is 0 Å². The molecule has 0 saturated carbocycles. The average Bonchev–Trinajstić information content (AvgIpc) is 2.77. The zero-order chi connectivity index (χ0) is 26.1. The molecule has 0 fully saturated rings. The third kappa shape index (κ3) is 8.91. The Labute approximate surface area is 211 Å². The molecule has 7 nitrogen and oxygen atoms in total. The van der Waals surface area contributed by atoms with Crippen molar-refractivity contribution in [3.63, 3.8) is 0 Å². The lowest BCUT2D eigenvalue weighted by molar-refractivity contribution is -0.147. The van der Waals surface area contributed by atoms with E-state index in [1.54, 1.807) is 24.3 Å². The molecule has 0 unspecified atom stereocenters. The van der Waals surface area contributed by atoms with E-state index < -0.39 is 11.9 Å². The molecule has 0 heterocycles. The van der Waals surface area contributed by atoms with Crippen molar-refractivity contribution in [1.29, 1.82) is 0 Å². The van der Waals surface area contributed by atoms with Crippen LogP contribution in [-0.2, 0) is 19.1 Å². The summed E-state index contributed by atoms with van der Waals surface area (Å²) < 4.78 is 10.9. The highest BCUT2D eigenvalue weighted by molar-refractivity contribution is 5.93. The zero-order valence-corrected chi connectivity index (χ0v) is 21.1. The van der Waals surface area contributed by atoms with Gasteiger partial charge in [0.15, 0.2) is 6.61 Å². The molecule has 0 saturated heterocycles. The number of hydrogen-bond acceptors (Lipinski definition) is 5. The normalized spacial score (nSPS) is 10.4. The van der Waals surface area contributed by atoms with Crippen LogP contribution in [0.3, 0.4) is 0 Å². The summed E-state index contributed by atoms with van der Waals surface area (Å²) in [5.41, 5.74) is 5.61. The van der Waals surface area contributed by atoms with Crippen molar-refractivity contribution in [3.05, 3.63) is 82.9 Å². The number of anilines is 2. The summed E-state index contributed by atoms with van der Waals surface area (Å²) in [4.78, 5) is 36.2. The van der Waals surface area contributed by atoms with Gasteiger partial charge in [0.2, 0.25) is 5.91 Å². The third-order valence-corrected chi connectivity index (χ3v) is 5.22. The minimum Gasteiger partial charge on any atom is -0.457 e. The van der Waals surface area contributed by atoms with E-state index in [0.29, 0.717) is 23.5 Å². The van der Waals surface area contributed by atoms with Gasteiger partial charge < -0.3 is 20.1 Å². The summed E-state index contributed by atoms with van der Waals surface area (Å²) in [6.07, 6.45) is 0.523. The molecule has 188 valence electrons. The number of amides is 2. The van der Waals surface area contributed by atoms with E-state index in [-0.39, 0.29) is 25.4 Å². The van der Waals surface area contributed by atoms with Gasteiger partial charge >= 0.3 is 5.97 Å². The number of hydrogen-bond donors (Lipinski definition) is 2. The molecule has 0 spiro atoms. The van der Waals surface area contributed by atoms with Crippen LogP contribution < -0.4 is 15.4 Å². The van der Waals surface area contributed by atoms with Crippen LogP contribution in [0, 0.1) is 27.7 Å². The van der Waals surface area contributed by atoms with Gasteiger partial charge in [0.1, 0.15) is 11.5 Å². The van der Waals surface area contributed by atoms with Gasteiger partial charge in [-0.1, -0.05) is 12.1 Å². The molecule has 0 aliphatic heterocycles. The lowest BCUT2D eigenvalue weighted by Gasteiger charge is -2.10. The predicted molar refractivity (Wildman–Crippen MR) is 140 cm³/mol. The SMILES string of the molecule is Cc1cc(C)cc(NC(=O)COC(=O)CCCC(=O)Nc2ccc(Oc3cc(C)cc(C)c3)cc2)c1. The topological polar surface area (TPSA) is 93.7 Å². The van der Waals surface area contributed by atoms with Crippen molar-refractivity contribution in [2.24, 2.45) is 0 Å². The van der Waals surface area contributed by atoms with Gasteiger partial charge in [0, 0.05) is 24.2 Å². The molecule has 7 heteroatoms. The summed E-state index contributed by atoms with van der Waals surface area (Å²) in [5, 5.41) is 5.51. The minimum absolute atomic E-state index is 0.0486. The van der Waals surface area contributed by atoms with E-state index in [2.05, 4.69) is 16.7 Å². The van der Waals surface area contributed by atoms with Gasteiger partial charge in [-0.3, -0.25) is 14.4 Å². The van der Waals surface area contributed by atoms with E-state index >= 15 is 0 Å². The summed E-state index contributed by atoms with van der Waals surface area (Å²) in [6, 6.07) is 18.8. The molecule has 2 N–H and O–H groups in total. The van der Waals surface area contributed by atoms with Crippen molar-refractivity contribution in [2.75, 3.05) is 17.2 Å². The molecule has 3 aromatic carbocycles. The Kier molecular flexibility index (Phi) is 9.22. The smallest absolute Gasteiger partial charge is 0.306 e. The number of benzene rings is 3. The molecule has 0 aromatic heterocycles. The fourth-order valence-corrected chi connectivity index (χ4v) is 3.81. The molecule has 0 radical (unpaired) electrons. The van der Waals surface area contributed by atoms with E-state index in [9.17, 15) is 14.4 Å². The van der Waals surface area contributed by atoms with Crippen LogP contribution in [0.15, 0.2) is 60.7 Å². The van der Waals surface area contributed by atoms with E-state index in [4.69, 9.17) is 9.47 Å². The van der Waals surface area contributed by atoms with Crippen molar-refractivity contribution >= 4 is 29.2 Å². The van der Waals surface area contributed by atoms with E-state index in [1.165, 1.54) is 0 Å². The van der Waals surface area contributed by atoms with Crippen molar-refractivity contribution in [1.82, 2.24) is 0 Å². The first kappa shape index (κ1) is 26.5. The Balaban J connectivity index is 1.35. The fourth-order valence-electron chi connectivity index (χ4n) is 3.81. The number of carbonyl (C=O) groups excluding carboxylic acids is 3. The van der Waals surface area contributed by atoms with Gasteiger partial charge in [-0.2, -0.15) is 0 Å². The minimum atomic E-state index is -0.522. The first-order chi connectivity index (χ1) is 17.2. The van der Waals surface area contributed by atoms with Crippen LogP contribution >= 0.6 is 0 Å². The van der Waals surface area contributed by atoms with Crippen molar-refractivity contribution in [3.8, 4) is 11.5 Å². The lowest BCUT2D eigenvalue weighted by Crippen LogP contribution is -2.21. The quantitative estimate of drug-likeness (QED) is 0.341. The molecule has 3 rings (SSSR count). The second-order valence-electron chi connectivity index (χ2n) is 8.94. The highest BCUT2D eigenvalue weighted by Crippen LogP contribution is 2.25. The summed E-state index contributed by atoms with van der Waals surface area (Å²) in [5.74, 6) is 0.293. The molecule has 0 atom stereocenters. The first-order valence-corrected chi connectivity index (χ1v) is 11.9. The monoisotopic (exact) mass is 488 g/mol. The number of aryl methyl sites for hydroxylation is 4. The molecule has 2 amide bonds. The highest BCUT2D eigenvalue weighted by Gasteiger charge is 2.10. The molecular formula is C29H32N2O5. The fraction of sp³-hybridized carbons (Fsp3) is 0.276. The highest BCUT2D eigenvalue weighted by atomic mass is 16.5. The van der Waals surface area contributed by atoms with Crippen LogP contribution in [0.25, 0.3) is 0 Å². The lowest BCUT2D eigenvalue weighted by atomic mass is 10.1. The Morgan fingerprint density at radius 2 is 1.19 bits per heavy atom. The molecule has 0 aliphatic rings. The first-order valence-electron chi connectivity index (χ1n) is 11.9. The Hall–Kier alpha value is -4.13. The molecule has 3 aromatic rings. The van der Waals surface area contributed by atoms with Crippen LogP contribution in [0.5, 0.6) is 11.5 Å². The van der Waals surface area contributed by atoms with E-state index in [0.717, 1.165) is 28.0 Å². The molecule has 0 bridgehead atoms. The number of carbonyl (C=O) groups is 3. The number of rotatable bonds is 10. The van der Waals surface area contributed by atoms with Gasteiger partial charge in [0.05, 0.1) is 0 Å². The number of nitrogens with one attached hydrogen (secondary N) is 2. The largest absolute Gasteiger partial charge is 0.457 e. The predicted octanol–water partition coefficient (Wildman–Crippen LogP) is 6.00. The van der Waals surface area contributed by atoms with Gasteiger partial charge in [0.25, 0.3) is 5.91 Å². The molecular weight excluding hydrogens is 456 g/mol. The maximum atomic E-state index is 12.2. The second-order valence-corrected chi connectivity index (χ2v) is 8.94. The van der Waals surface area contributed by atoms with Crippen molar-refractivity contribution < 1.29 is 23.9 Å². The molecule has 0 aliphatic carbocycles. The van der Waals surface area contributed by atoms with Crippen LogP contribution in [0.4, 0.5) is 11.4 Å². The standard InChI is InChI=1S/C29H32N2O5/c1-19-12-20(2)15-24(14-19)31-28(33)18-35-29(34)7-5-6-27(32)30-23-8-10-25(11-9-23)36-26-16-21(3)13-22(4)17-26/h8-17H,5-7,18H2,1-4H3,(H,30,32)(H,31,33). The average molecular weight is 489 g/mol. The number of esters is 1. The zero-order valence-electron chi connectivity index (χ0n) is 21.1. The Morgan fingerprint density at radius 3 is 1.81 bits per heavy atom. The third-order valence-electron chi connectivity index (χ3n) is 5.22. The van der Waals surface area contributed by atoms with Gasteiger partial charge in [-0.05, 0) is 105 Å².